The molecule has 1 unspecified atom stereocenters. The van der Waals surface area contributed by atoms with Gasteiger partial charge in [-0.25, -0.2) is 9.78 Å². The van der Waals surface area contributed by atoms with Gasteiger partial charge in [-0.15, -0.1) is 0 Å². The molecule has 1 N–H and O–H groups in total. The predicted octanol–water partition coefficient (Wildman–Crippen LogP) is 5.30. The Morgan fingerprint density at radius 1 is 1.14 bits per heavy atom. The lowest BCUT2D eigenvalue weighted by molar-refractivity contribution is -0.384. The summed E-state index contributed by atoms with van der Waals surface area (Å²) in [5.74, 6) is 0.376. The van der Waals surface area contributed by atoms with Crippen molar-refractivity contribution in [2.24, 2.45) is 0 Å². The van der Waals surface area contributed by atoms with Crippen LogP contribution in [0.5, 0.6) is 0 Å². The number of methoxy groups -OCH3 is 1. The summed E-state index contributed by atoms with van der Waals surface area (Å²) >= 11 is 3.42. The zero-order valence-corrected chi connectivity index (χ0v) is 21.7. The Bertz CT molecular complexity index is 1490. The fraction of sp³-hybridized carbons (Fsp3) is 0.192. The number of urea groups is 1. The van der Waals surface area contributed by atoms with E-state index in [9.17, 15) is 19.7 Å². The number of ether oxygens (including phenoxy) is 1. The number of anilines is 1. The Balaban J connectivity index is 1.77. The number of rotatable bonds is 8. The van der Waals surface area contributed by atoms with Crippen LogP contribution < -0.4 is 10.9 Å². The minimum Gasteiger partial charge on any atom is -0.383 e. The quantitative estimate of drug-likeness (QED) is 0.229. The van der Waals surface area contributed by atoms with Crippen LogP contribution in [0.15, 0.2) is 82.1 Å². The van der Waals surface area contributed by atoms with Crippen molar-refractivity contribution in [3.8, 4) is 5.69 Å². The molecule has 0 spiro atoms. The van der Waals surface area contributed by atoms with Gasteiger partial charge < -0.3 is 15.0 Å². The van der Waals surface area contributed by atoms with Crippen molar-refractivity contribution in [2.75, 3.05) is 25.6 Å². The number of carbonyl (C=O) groups excluding carboxylic acids is 1. The van der Waals surface area contributed by atoms with E-state index in [-0.39, 0.29) is 24.4 Å². The van der Waals surface area contributed by atoms with E-state index in [0.29, 0.717) is 28.1 Å². The lowest BCUT2D eigenvalue weighted by Gasteiger charge is -2.30. The van der Waals surface area contributed by atoms with Gasteiger partial charge in [0.1, 0.15) is 5.82 Å². The number of non-ortho nitro benzene ring substituents is 1. The molecule has 1 heterocycles. The van der Waals surface area contributed by atoms with E-state index in [0.717, 1.165) is 4.47 Å². The molecular weight excluding hydrogens is 542 g/mol. The van der Waals surface area contributed by atoms with Gasteiger partial charge in [0.25, 0.3) is 11.2 Å². The zero-order valence-electron chi connectivity index (χ0n) is 20.1. The predicted molar refractivity (Wildman–Crippen MR) is 144 cm³/mol. The standard InChI is InChI=1S/C26H24BrN5O5/c1-17(30(15-16-37-2)26(34)28-19-9-13-21(14-10-19)32(35)36)24-29-23-6-4-3-5-22(23)25(33)31(24)20-11-7-18(27)8-12-20/h3-14,17H,15-16H2,1-2H3,(H,28,34). The fourth-order valence-corrected chi connectivity index (χ4v) is 4.20. The largest absolute Gasteiger partial charge is 0.383 e. The van der Waals surface area contributed by atoms with Gasteiger partial charge >= 0.3 is 6.03 Å². The van der Waals surface area contributed by atoms with E-state index < -0.39 is 17.0 Å². The maximum atomic E-state index is 13.6. The van der Waals surface area contributed by atoms with Crippen molar-refractivity contribution >= 4 is 44.2 Å². The summed E-state index contributed by atoms with van der Waals surface area (Å²) in [4.78, 5) is 43.8. The molecule has 4 rings (SSSR count). The first-order valence-electron chi connectivity index (χ1n) is 11.4. The Labute approximate surface area is 220 Å². The maximum absolute atomic E-state index is 13.6. The first kappa shape index (κ1) is 26.0. The lowest BCUT2D eigenvalue weighted by Crippen LogP contribution is -2.41. The van der Waals surface area contributed by atoms with Gasteiger partial charge in [0.05, 0.1) is 34.2 Å². The number of carbonyl (C=O) groups is 1. The summed E-state index contributed by atoms with van der Waals surface area (Å²) in [6, 6.07) is 18.8. The van der Waals surface area contributed by atoms with Crippen LogP contribution in [-0.2, 0) is 4.74 Å². The summed E-state index contributed by atoms with van der Waals surface area (Å²) in [7, 11) is 1.53. The number of hydrogen-bond acceptors (Lipinski definition) is 6. The minimum atomic E-state index is -0.644. The zero-order chi connectivity index (χ0) is 26.5. The molecule has 10 nitrogen and oxygen atoms in total. The summed E-state index contributed by atoms with van der Waals surface area (Å²) in [6.07, 6.45) is 0. The number of hydrogen-bond donors (Lipinski definition) is 1. The van der Waals surface area contributed by atoms with Crippen LogP contribution in [-0.4, -0.2) is 45.7 Å². The van der Waals surface area contributed by atoms with Gasteiger partial charge in [0, 0.05) is 35.9 Å². The molecule has 0 fully saturated rings. The molecule has 1 atom stereocenters. The Morgan fingerprint density at radius 3 is 2.46 bits per heavy atom. The summed E-state index contributed by atoms with van der Waals surface area (Å²) in [5.41, 5.74) is 1.18. The molecule has 37 heavy (non-hydrogen) atoms. The molecule has 190 valence electrons. The van der Waals surface area contributed by atoms with Gasteiger partial charge in [-0.3, -0.25) is 19.5 Å². The maximum Gasteiger partial charge on any atom is 0.322 e. The molecule has 4 aromatic rings. The highest BCUT2D eigenvalue weighted by molar-refractivity contribution is 9.10. The Hall–Kier alpha value is -4.09. The summed E-state index contributed by atoms with van der Waals surface area (Å²) in [5, 5.41) is 14.2. The third-order valence-electron chi connectivity index (χ3n) is 5.85. The molecule has 11 heteroatoms. The number of nitro benzene ring substituents is 1. The van der Waals surface area contributed by atoms with Gasteiger partial charge in [-0.1, -0.05) is 28.1 Å². The molecule has 2 amide bonds. The monoisotopic (exact) mass is 565 g/mol. The Kier molecular flexibility index (Phi) is 7.95. The molecule has 0 saturated carbocycles. The molecule has 0 radical (unpaired) electrons. The topological polar surface area (TPSA) is 120 Å². The van der Waals surface area contributed by atoms with E-state index in [2.05, 4.69) is 21.2 Å². The van der Waals surface area contributed by atoms with Crippen molar-refractivity contribution in [3.05, 3.63) is 104 Å². The van der Waals surface area contributed by atoms with Crippen LogP contribution in [0.1, 0.15) is 18.8 Å². The highest BCUT2D eigenvalue weighted by Crippen LogP contribution is 2.25. The highest BCUT2D eigenvalue weighted by Gasteiger charge is 2.27. The van der Waals surface area contributed by atoms with Crippen molar-refractivity contribution < 1.29 is 14.5 Å². The van der Waals surface area contributed by atoms with Crippen LogP contribution in [0.25, 0.3) is 16.6 Å². The minimum absolute atomic E-state index is 0.0820. The first-order chi connectivity index (χ1) is 17.8. The second-order valence-electron chi connectivity index (χ2n) is 8.20. The molecule has 0 aliphatic rings. The molecule has 0 aliphatic heterocycles. The van der Waals surface area contributed by atoms with Crippen molar-refractivity contribution in [1.82, 2.24) is 14.5 Å². The van der Waals surface area contributed by atoms with Gasteiger partial charge in [0.15, 0.2) is 0 Å². The number of nitrogens with one attached hydrogen (secondary N) is 1. The van der Waals surface area contributed by atoms with E-state index >= 15 is 0 Å². The molecule has 0 saturated heterocycles. The summed E-state index contributed by atoms with van der Waals surface area (Å²) < 4.78 is 7.60. The molecule has 0 aliphatic carbocycles. The van der Waals surface area contributed by atoms with Crippen LogP contribution in [0.3, 0.4) is 0 Å². The third-order valence-corrected chi connectivity index (χ3v) is 6.38. The lowest BCUT2D eigenvalue weighted by atomic mass is 10.2. The van der Waals surface area contributed by atoms with E-state index in [4.69, 9.17) is 9.72 Å². The first-order valence-corrected chi connectivity index (χ1v) is 12.2. The number of nitrogens with zero attached hydrogens (tertiary/aromatic N) is 4. The average molecular weight is 566 g/mol. The van der Waals surface area contributed by atoms with Gasteiger partial charge in [-0.2, -0.15) is 0 Å². The normalized spacial score (nSPS) is 11.8. The number of benzene rings is 3. The Morgan fingerprint density at radius 2 is 1.81 bits per heavy atom. The molecular formula is C26H24BrN5O5. The SMILES string of the molecule is COCCN(C(=O)Nc1ccc([N+](=O)[O-])cc1)C(C)c1nc2ccccc2c(=O)n1-c1ccc(Br)cc1. The van der Waals surface area contributed by atoms with Crippen molar-refractivity contribution in [1.29, 1.82) is 0 Å². The number of halogens is 1. The third kappa shape index (κ3) is 5.68. The van der Waals surface area contributed by atoms with E-state index in [1.807, 2.05) is 12.1 Å². The second kappa shape index (κ2) is 11.3. The van der Waals surface area contributed by atoms with Gasteiger partial charge in [0.2, 0.25) is 0 Å². The van der Waals surface area contributed by atoms with Crippen LogP contribution in [0.2, 0.25) is 0 Å². The smallest absolute Gasteiger partial charge is 0.322 e. The number of fused-ring (bicyclic) bond motifs is 1. The number of amides is 2. The fourth-order valence-electron chi connectivity index (χ4n) is 3.93. The van der Waals surface area contributed by atoms with Gasteiger partial charge in [-0.05, 0) is 55.5 Å². The number of para-hydroxylation sites is 1. The second-order valence-corrected chi connectivity index (χ2v) is 9.12. The average Bonchev–Trinajstić information content (AvgIpc) is 2.89. The van der Waals surface area contributed by atoms with E-state index in [1.54, 1.807) is 43.3 Å². The molecule has 3 aromatic carbocycles. The molecule has 1 aromatic heterocycles. The van der Waals surface area contributed by atoms with Crippen LogP contribution in [0, 0.1) is 10.1 Å². The number of aromatic nitrogens is 2. The van der Waals surface area contributed by atoms with E-state index in [1.165, 1.54) is 40.8 Å². The van der Waals surface area contributed by atoms with Crippen LogP contribution >= 0.6 is 15.9 Å². The van der Waals surface area contributed by atoms with Crippen LogP contribution in [0.4, 0.5) is 16.2 Å². The molecule has 0 bridgehead atoms. The van der Waals surface area contributed by atoms with Crippen molar-refractivity contribution in [3.63, 3.8) is 0 Å². The number of nitro groups is 1. The van der Waals surface area contributed by atoms with Crippen molar-refractivity contribution in [2.45, 2.75) is 13.0 Å². The summed E-state index contributed by atoms with van der Waals surface area (Å²) in [6.45, 7) is 2.24. The highest BCUT2D eigenvalue weighted by atomic mass is 79.9.